The first kappa shape index (κ1) is 23.5. The van der Waals surface area contributed by atoms with Crippen LogP contribution < -0.4 is 4.74 Å². The van der Waals surface area contributed by atoms with Crippen molar-refractivity contribution in [3.63, 3.8) is 0 Å². The van der Waals surface area contributed by atoms with Gasteiger partial charge in [0.15, 0.2) is 34.7 Å². The van der Waals surface area contributed by atoms with Gasteiger partial charge in [0, 0.05) is 12.0 Å². The summed E-state index contributed by atoms with van der Waals surface area (Å²) in [5.74, 6) is -7.14. The summed E-state index contributed by atoms with van der Waals surface area (Å²) < 4.78 is 104. The zero-order chi connectivity index (χ0) is 23.6. The van der Waals surface area contributed by atoms with Crippen molar-refractivity contribution < 1.29 is 45.4 Å². The molecule has 0 fully saturated rings. The summed E-state index contributed by atoms with van der Waals surface area (Å²) in [6, 6.07) is 4.05. The first-order valence-electron chi connectivity index (χ1n) is 8.81. The average Bonchev–Trinajstić information content (AvgIpc) is 3.12. The smallest absolute Gasteiger partial charge is 0.434 e. The van der Waals surface area contributed by atoms with Crippen LogP contribution >= 0.6 is 11.5 Å². The van der Waals surface area contributed by atoms with Gasteiger partial charge in [-0.3, -0.25) is 4.79 Å². The van der Waals surface area contributed by atoms with Crippen molar-refractivity contribution in [3.8, 4) is 16.2 Å². The fraction of sp³-hybridized carbons (Fsp3) is 0.200. The zero-order valence-corrected chi connectivity index (χ0v) is 16.6. The summed E-state index contributed by atoms with van der Waals surface area (Å²) in [5.41, 5.74) is -2.10. The fourth-order valence-corrected chi connectivity index (χ4v) is 3.71. The Labute approximate surface area is 180 Å². The third-order valence-corrected chi connectivity index (χ3v) is 5.22. The molecule has 3 aromatic rings. The van der Waals surface area contributed by atoms with Gasteiger partial charge >= 0.3 is 12.1 Å². The lowest BCUT2D eigenvalue weighted by Gasteiger charge is -2.13. The molecule has 0 amide bonds. The fourth-order valence-electron chi connectivity index (χ4n) is 2.82. The van der Waals surface area contributed by atoms with E-state index < -0.39 is 59.0 Å². The van der Waals surface area contributed by atoms with Crippen molar-refractivity contribution in [1.82, 2.24) is 4.37 Å². The highest BCUT2D eigenvalue weighted by Crippen LogP contribution is 2.40. The van der Waals surface area contributed by atoms with E-state index in [9.17, 15) is 35.5 Å². The molecule has 0 saturated heterocycles. The number of aryl methyl sites for hydroxylation is 1. The molecule has 0 radical (unpaired) electrons. The Hall–Kier alpha value is -3.15. The lowest BCUT2D eigenvalue weighted by molar-refractivity contribution is -0.141. The molecule has 3 rings (SSSR count). The second-order valence-electron chi connectivity index (χ2n) is 6.54. The number of hydrogen-bond donors (Lipinski definition) is 1. The van der Waals surface area contributed by atoms with Crippen LogP contribution in [-0.4, -0.2) is 15.4 Å². The quantitative estimate of drug-likeness (QED) is 0.424. The number of aliphatic carboxylic acids is 1. The van der Waals surface area contributed by atoms with Crippen LogP contribution in [0.25, 0.3) is 10.4 Å². The molecule has 0 unspecified atom stereocenters. The Morgan fingerprint density at radius 1 is 1.00 bits per heavy atom. The molecule has 0 aliphatic heterocycles. The number of nitrogens with zero attached hydrogens (tertiary/aromatic N) is 1. The number of carboxylic acid groups (broad SMARTS) is 1. The minimum Gasteiger partial charge on any atom is -0.483 e. The third kappa shape index (κ3) is 5.18. The van der Waals surface area contributed by atoms with Crippen LogP contribution in [-0.2, 0) is 24.0 Å². The summed E-state index contributed by atoms with van der Waals surface area (Å²) in [6.07, 6.45) is -5.49. The Kier molecular flexibility index (Phi) is 6.72. The third-order valence-electron chi connectivity index (χ3n) is 4.28. The minimum absolute atomic E-state index is 0.0189. The highest BCUT2D eigenvalue weighted by Gasteiger charge is 2.38. The van der Waals surface area contributed by atoms with E-state index in [1.54, 1.807) is 0 Å². The molecule has 1 N–H and O–H groups in total. The zero-order valence-electron chi connectivity index (χ0n) is 15.8. The average molecular weight is 479 g/mol. The number of ether oxygens (including phenoxy) is 1. The Morgan fingerprint density at radius 2 is 1.66 bits per heavy atom. The van der Waals surface area contributed by atoms with Crippen molar-refractivity contribution in [2.75, 3.05) is 0 Å². The molecule has 4 nitrogen and oxygen atoms in total. The molecular weight excluding hydrogens is 467 g/mol. The predicted octanol–water partition coefficient (Wildman–Crippen LogP) is 5.98. The van der Waals surface area contributed by atoms with Crippen LogP contribution in [0.5, 0.6) is 5.75 Å². The number of carboxylic acids is 1. The Bertz CT molecular complexity index is 1140. The largest absolute Gasteiger partial charge is 0.483 e. The Morgan fingerprint density at radius 3 is 2.22 bits per heavy atom. The van der Waals surface area contributed by atoms with E-state index in [2.05, 4.69) is 4.37 Å². The van der Waals surface area contributed by atoms with Gasteiger partial charge in [-0.05, 0) is 53.3 Å². The number of benzene rings is 2. The molecule has 12 heteroatoms. The van der Waals surface area contributed by atoms with Gasteiger partial charge < -0.3 is 9.84 Å². The number of carbonyl (C=O) groups is 1. The van der Waals surface area contributed by atoms with Crippen molar-refractivity contribution in [2.45, 2.75) is 25.6 Å². The summed E-state index contributed by atoms with van der Waals surface area (Å²) in [6.45, 7) is -0.970. The van der Waals surface area contributed by atoms with Crippen LogP contribution in [0.3, 0.4) is 0 Å². The van der Waals surface area contributed by atoms with E-state index in [4.69, 9.17) is 9.84 Å². The number of alkyl halides is 3. The predicted molar refractivity (Wildman–Crippen MR) is 99.1 cm³/mol. The molecular formula is C20H12F7NO3S. The number of halogens is 7. The molecule has 170 valence electrons. The van der Waals surface area contributed by atoms with Crippen LogP contribution in [0.2, 0.25) is 0 Å². The standard InChI is InChI=1S/C20H12F7NO3S/c21-12-3-2-10(7-13(12)22)18-11(19(28-32-18)20(25,26)27)8-31-17-14(23)5-9(6-15(17)24)1-4-16(29)30/h2-3,5-7H,1,4,8H2,(H,29,30). The molecule has 32 heavy (non-hydrogen) atoms. The molecule has 0 bridgehead atoms. The maximum atomic E-state index is 14.3. The van der Waals surface area contributed by atoms with E-state index in [1.807, 2.05) is 0 Å². The van der Waals surface area contributed by atoms with Crippen LogP contribution in [0.15, 0.2) is 30.3 Å². The van der Waals surface area contributed by atoms with Crippen molar-refractivity contribution >= 4 is 17.5 Å². The van der Waals surface area contributed by atoms with E-state index in [1.165, 1.54) is 0 Å². The van der Waals surface area contributed by atoms with Gasteiger partial charge in [0.2, 0.25) is 0 Å². The van der Waals surface area contributed by atoms with Crippen LogP contribution in [0.1, 0.15) is 23.2 Å². The van der Waals surface area contributed by atoms with Crippen LogP contribution in [0, 0.1) is 23.3 Å². The van der Waals surface area contributed by atoms with Gasteiger partial charge in [0.1, 0.15) is 6.61 Å². The summed E-state index contributed by atoms with van der Waals surface area (Å²) >= 11 is 0.344. The van der Waals surface area contributed by atoms with Crippen molar-refractivity contribution in [3.05, 3.63) is 70.4 Å². The van der Waals surface area contributed by atoms with Gasteiger partial charge in [-0.25, -0.2) is 17.6 Å². The van der Waals surface area contributed by atoms with Crippen LogP contribution in [0.4, 0.5) is 30.7 Å². The molecule has 2 aromatic carbocycles. The van der Waals surface area contributed by atoms with Gasteiger partial charge in [-0.1, -0.05) is 6.07 Å². The maximum absolute atomic E-state index is 14.3. The highest BCUT2D eigenvalue weighted by molar-refractivity contribution is 7.09. The normalized spacial score (nSPS) is 11.6. The van der Waals surface area contributed by atoms with Gasteiger partial charge in [0.05, 0.1) is 4.88 Å². The SMILES string of the molecule is O=C(O)CCc1cc(F)c(OCc2c(C(F)(F)F)nsc2-c2ccc(F)c(F)c2)c(F)c1. The number of aromatic nitrogens is 1. The molecule has 0 saturated carbocycles. The second kappa shape index (κ2) is 9.15. The van der Waals surface area contributed by atoms with E-state index in [0.29, 0.717) is 17.6 Å². The number of hydrogen-bond acceptors (Lipinski definition) is 4. The highest BCUT2D eigenvalue weighted by atomic mass is 32.1. The van der Waals surface area contributed by atoms with Gasteiger partial charge in [0.25, 0.3) is 0 Å². The van der Waals surface area contributed by atoms with E-state index in [0.717, 1.165) is 24.3 Å². The number of rotatable bonds is 7. The maximum Gasteiger partial charge on any atom is 0.434 e. The summed E-state index contributed by atoms with van der Waals surface area (Å²) in [7, 11) is 0. The van der Waals surface area contributed by atoms with E-state index in [-0.39, 0.29) is 28.8 Å². The lowest BCUT2D eigenvalue weighted by Crippen LogP contribution is -2.11. The van der Waals surface area contributed by atoms with Gasteiger partial charge in [-0.2, -0.15) is 17.5 Å². The van der Waals surface area contributed by atoms with E-state index >= 15 is 0 Å². The molecule has 1 heterocycles. The Balaban J connectivity index is 1.94. The molecule has 0 atom stereocenters. The van der Waals surface area contributed by atoms with Gasteiger partial charge in [-0.15, -0.1) is 0 Å². The lowest BCUT2D eigenvalue weighted by atomic mass is 10.1. The summed E-state index contributed by atoms with van der Waals surface area (Å²) in [5, 5.41) is 8.65. The first-order chi connectivity index (χ1) is 15.0. The molecule has 0 aliphatic carbocycles. The van der Waals surface area contributed by atoms with Crippen molar-refractivity contribution in [2.24, 2.45) is 0 Å². The first-order valence-corrected chi connectivity index (χ1v) is 9.58. The molecule has 0 aliphatic rings. The van der Waals surface area contributed by atoms with Crippen molar-refractivity contribution in [1.29, 1.82) is 0 Å². The monoisotopic (exact) mass is 479 g/mol. The molecule has 0 spiro atoms. The minimum atomic E-state index is -4.94. The molecule has 1 aromatic heterocycles. The topological polar surface area (TPSA) is 59.4 Å². The second-order valence-corrected chi connectivity index (χ2v) is 7.31. The summed E-state index contributed by atoms with van der Waals surface area (Å²) in [4.78, 5) is 10.4.